The normalized spacial score (nSPS) is 20.0. The van der Waals surface area contributed by atoms with Crippen LogP contribution in [0.2, 0.25) is 0 Å². The topological polar surface area (TPSA) is 0 Å². The molecule has 0 N–H and O–H groups in total. The summed E-state index contributed by atoms with van der Waals surface area (Å²) >= 11 is 0. The van der Waals surface area contributed by atoms with E-state index in [1.54, 1.807) is 0 Å². The van der Waals surface area contributed by atoms with Gasteiger partial charge in [-0.3, -0.25) is 0 Å². The van der Waals surface area contributed by atoms with Gasteiger partial charge in [-0.15, -0.1) is 0 Å². The maximum Gasteiger partial charge on any atom is 0.194 e. The molecule has 0 spiro atoms. The molecule has 0 radical (unpaired) electrons. The van der Waals surface area contributed by atoms with Crippen molar-refractivity contribution in [2.75, 3.05) is 0 Å². The number of hydrogen-bond acceptors (Lipinski definition) is 0. The highest BCUT2D eigenvalue weighted by Crippen LogP contribution is 2.34. The molecule has 1 fully saturated rings. The zero-order valence-electron chi connectivity index (χ0n) is 16.1. The van der Waals surface area contributed by atoms with E-state index < -0.39 is 17.5 Å². The summed E-state index contributed by atoms with van der Waals surface area (Å²) < 4.78 is 39.9. The maximum absolute atomic E-state index is 13.4. The molecule has 27 heavy (non-hydrogen) atoms. The van der Waals surface area contributed by atoms with Gasteiger partial charge in [0.25, 0.3) is 0 Å². The first-order valence-electron chi connectivity index (χ1n) is 10.3. The van der Waals surface area contributed by atoms with Gasteiger partial charge in [0.05, 0.1) is 0 Å². The number of benzene rings is 2. The molecule has 0 amide bonds. The molecular weight excluding hydrogens is 345 g/mol. The lowest BCUT2D eigenvalue weighted by Crippen LogP contribution is -2.15. The highest BCUT2D eigenvalue weighted by molar-refractivity contribution is 5.63. The Morgan fingerprint density at radius 2 is 1.33 bits per heavy atom. The quantitative estimate of drug-likeness (QED) is 0.436. The second-order valence-electron chi connectivity index (χ2n) is 8.02. The van der Waals surface area contributed by atoms with Crippen LogP contribution in [0.15, 0.2) is 36.4 Å². The van der Waals surface area contributed by atoms with E-state index in [-0.39, 0.29) is 0 Å². The Labute approximate surface area is 160 Å². The van der Waals surface area contributed by atoms with Gasteiger partial charge in [0.1, 0.15) is 0 Å². The standard InChI is InChI=1S/C24H29F3/c1-2-3-4-17-5-7-18(8-6-17)9-10-19-11-13-20(14-12-19)21-15-22(25)24(27)23(26)16-21/h11-18H,2-10H2,1H3/t17-,18-. The van der Waals surface area contributed by atoms with Crippen molar-refractivity contribution in [1.82, 2.24) is 0 Å². The Morgan fingerprint density at radius 3 is 1.89 bits per heavy atom. The largest absolute Gasteiger partial charge is 0.204 e. The van der Waals surface area contributed by atoms with E-state index in [4.69, 9.17) is 0 Å². The van der Waals surface area contributed by atoms with Gasteiger partial charge in [-0.05, 0) is 53.5 Å². The summed E-state index contributed by atoms with van der Waals surface area (Å²) in [6.45, 7) is 2.26. The number of hydrogen-bond donors (Lipinski definition) is 0. The van der Waals surface area contributed by atoms with Crippen molar-refractivity contribution in [2.45, 2.75) is 64.7 Å². The first-order chi connectivity index (χ1) is 13.1. The summed E-state index contributed by atoms with van der Waals surface area (Å²) in [7, 11) is 0. The van der Waals surface area contributed by atoms with Gasteiger partial charge in [-0.25, -0.2) is 13.2 Å². The number of unbranched alkanes of at least 4 members (excludes halogenated alkanes) is 1. The fraction of sp³-hybridized carbons (Fsp3) is 0.500. The molecule has 1 aliphatic carbocycles. The van der Waals surface area contributed by atoms with Gasteiger partial charge in [0.2, 0.25) is 0 Å². The Bertz CT molecular complexity index is 705. The van der Waals surface area contributed by atoms with Crippen molar-refractivity contribution < 1.29 is 13.2 Å². The Morgan fingerprint density at radius 1 is 0.778 bits per heavy atom. The van der Waals surface area contributed by atoms with Crippen molar-refractivity contribution in [3.05, 3.63) is 59.4 Å². The van der Waals surface area contributed by atoms with Crippen LogP contribution in [0.3, 0.4) is 0 Å². The molecule has 1 saturated carbocycles. The predicted molar refractivity (Wildman–Crippen MR) is 105 cm³/mol. The summed E-state index contributed by atoms with van der Waals surface area (Å²) in [5, 5.41) is 0. The van der Waals surface area contributed by atoms with Crippen molar-refractivity contribution in [3.63, 3.8) is 0 Å². The van der Waals surface area contributed by atoms with Crippen LogP contribution in [0, 0.1) is 29.3 Å². The lowest BCUT2D eigenvalue weighted by molar-refractivity contribution is 0.250. The average Bonchev–Trinajstić information content (AvgIpc) is 2.69. The van der Waals surface area contributed by atoms with E-state index in [2.05, 4.69) is 6.92 Å². The third-order valence-electron chi connectivity index (χ3n) is 6.04. The molecule has 2 aromatic carbocycles. The molecular formula is C24H29F3. The molecule has 2 aromatic rings. The Balaban J connectivity index is 1.52. The van der Waals surface area contributed by atoms with Gasteiger partial charge in [-0.2, -0.15) is 0 Å². The van der Waals surface area contributed by atoms with E-state index in [0.717, 1.165) is 30.4 Å². The molecule has 0 aromatic heterocycles. The molecule has 146 valence electrons. The summed E-state index contributed by atoms with van der Waals surface area (Å²) in [5.41, 5.74) is 2.31. The van der Waals surface area contributed by atoms with Gasteiger partial charge in [0, 0.05) is 0 Å². The van der Waals surface area contributed by atoms with E-state index >= 15 is 0 Å². The van der Waals surface area contributed by atoms with Crippen LogP contribution in [0.1, 0.15) is 63.9 Å². The van der Waals surface area contributed by atoms with Crippen LogP contribution in [0.5, 0.6) is 0 Å². The monoisotopic (exact) mass is 374 g/mol. The zero-order valence-corrected chi connectivity index (χ0v) is 16.1. The van der Waals surface area contributed by atoms with Crippen LogP contribution < -0.4 is 0 Å². The van der Waals surface area contributed by atoms with E-state index in [1.165, 1.54) is 56.9 Å². The van der Waals surface area contributed by atoms with Gasteiger partial charge < -0.3 is 0 Å². The first kappa shape index (κ1) is 20.0. The smallest absolute Gasteiger partial charge is 0.194 e. The minimum atomic E-state index is -1.42. The van der Waals surface area contributed by atoms with Crippen LogP contribution in [0.25, 0.3) is 11.1 Å². The second kappa shape index (κ2) is 9.43. The molecule has 0 heterocycles. The lowest BCUT2D eigenvalue weighted by atomic mass is 9.78. The molecule has 0 bridgehead atoms. The van der Waals surface area contributed by atoms with Gasteiger partial charge >= 0.3 is 0 Å². The summed E-state index contributed by atoms with van der Waals surface area (Å²) in [6.07, 6.45) is 11.8. The fourth-order valence-corrected chi connectivity index (χ4v) is 4.26. The van der Waals surface area contributed by atoms with Crippen LogP contribution in [0.4, 0.5) is 13.2 Å². The average molecular weight is 374 g/mol. The molecule has 3 heteroatoms. The van der Waals surface area contributed by atoms with E-state index in [1.807, 2.05) is 24.3 Å². The van der Waals surface area contributed by atoms with Crippen molar-refractivity contribution >= 4 is 0 Å². The molecule has 0 aliphatic heterocycles. The summed E-state index contributed by atoms with van der Waals surface area (Å²) in [4.78, 5) is 0. The number of halogens is 3. The third kappa shape index (κ3) is 5.37. The lowest BCUT2D eigenvalue weighted by Gasteiger charge is -2.28. The van der Waals surface area contributed by atoms with Crippen molar-refractivity contribution in [2.24, 2.45) is 11.8 Å². The van der Waals surface area contributed by atoms with Crippen LogP contribution in [-0.2, 0) is 6.42 Å². The molecule has 3 rings (SSSR count). The summed E-state index contributed by atoms with van der Waals surface area (Å²) in [5.74, 6) is -1.95. The molecule has 0 nitrogen and oxygen atoms in total. The third-order valence-corrected chi connectivity index (χ3v) is 6.04. The number of rotatable bonds is 7. The van der Waals surface area contributed by atoms with E-state index in [0.29, 0.717) is 11.1 Å². The summed E-state index contributed by atoms with van der Waals surface area (Å²) in [6, 6.07) is 9.85. The minimum absolute atomic E-state index is 0.364. The molecule has 1 aliphatic rings. The van der Waals surface area contributed by atoms with Crippen LogP contribution >= 0.6 is 0 Å². The minimum Gasteiger partial charge on any atom is -0.204 e. The van der Waals surface area contributed by atoms with Crippen LogP contribution in [-0.4, -0.2) is 0 Å². The van der Waals surface area contributed by atoms with Gasteiger partial charge in [0.15, 0.2) is 17.5 Å². The Kier molecular flexibility index (Phi) is 6.98. The molecule has 0 saturated heterocycles. The van der Waals surface area contributed by atoms with Crippen molar-refractivity contribution in [3.8, 4) is 11.1 Å². The fourth-order valence-electron chi connectivity index (χ4n) is 4.26. The first-order valence-corrected chi connectivity index (χ1v) is 10.3. The van der Waals surface area contributed by atoms with Crippen molar-refractivity contribution in [1.29, 1.82) is 0 Å². The molecule has 0 unspecified atom stereocenters. The zero-order chi connectivity index (χ0) is 19.2. The number of aryl methyl sites for hydroxylation is 1. The highest BCUT2D eigenvalue weighted by atomic mass is 19.2. The highest BCUT2D eigenvalue weighted by Gasteiger charge is 2.20. The SMILES string of the molecule is CCCC[C@H]1CC[C@H](CCc2ccc(-c3cc(F)c(F)c(F)c3)cc2)CC1. The predicted octanol–water partition coefficient (Wildman–Crippen LogP) is 7.70. The Hall–Kier alpha value is -1.77. The second-order valence-corrected chi connectivity index (χ2v) is 8.02. The molecule has 0 atom stereocenters. The van der Waals surface area contributed by atoms with E-state index in [9.17, 15) is 13.2 Å². The maximum atomic E-state index is 13.4. The van der Waals surface area contributed by atoms with Gasteiger partial charge in [-0.1, -0.05) is 76.1 Å².